The number of fused-ring (bicyclic) bond motifs is 1. The summed E-state index contributed by atoms with van der Waals surface area (Å²) in [5.74, 6) is 1.25. The first-order valence-corrected chi connectivity index (χ1v) is 12.3. The zero-order valence-corrected chi connectivity index (χ0v) is 20.0. The number of methoxy groups -OCH3 is 1. The number of amides is 1. The van der Waals surface area contributed by atoms with Crippen molar-refractivity contribution in [1.29, 1.82) is 0 Å². The molecular formula is C27H30N4O4. The molecule has 1 saturated heterocycles. The van der Waals surface area contributed by atoms with Crippen LogP contribution in [0, 0.1) is 5.92 Å². The number of carbonyl (C=O) groups excluding carboxylic acids is 1. The molecule has 3 aliphatic carbocycles. The van der Waals surface area contributed by atoms with Gasteiger partial charge in [-0.25, -0.2) is 4.98 Å². The lowest BCUT2D eigenvalue weighted by molar-refractivity contribution is -0.0439. The highest BCUT2D eigenvalue weighted by atomic mass is 16.5. The maximum absolute atomic E-state index is 13.5. The summed E-state index contributed by atoms with van der Waals surface area (Å²) in [6, 6.07) is 11.5. The molecule has 4 fully saturated rings. The third-order valence-electron chi connectivity index (χ3n) is 7.75. The van der Waals surface area contributed by atoms with Gasteiger partial charge in [0.25, 0.3) is 11.5 Å². The monoisotopic (exact) mass is 474 g/mol. The van der Waals surface area contributed by atoms with Gasteiger partial charge in [-0.3, -0.25) is 19.1 Å². The molecule has 8 heteroatoms. The average molecular weight is 475 g/mol. The Kier molecular flexibility index (Phi) is 5.57. The second-order valence-corrected chi connectivity index (χ2v) is 10.0. The lowest BCUT2D eigenvalue weighted by Crippen LogP contribution is -2.68. The zero-order valence-electron chi connectivity index (χ0n) is 20.0. The number of pyridine rings is 2. The van der Waals surface area contributed by atoms with E-state index in [1.54, 1.807) is 23.9 Å². The average Bonchev–Trinajstić information content (AvgIpc) is 2.85. The Labute approximate surface area is 203 Å². The molecule has 3 heterocycles. The van der Waals surface area contributed by atoms with E-state index in [9.17, 15) is 9.59 Å². The van der Waals surface area contributed by atoms with Crippen molar-refractivity contribution in [2.45, 2.75) is 31.3 Å². The van der Waals surface area contributed by atoms with Crippen molar-refractivity contribution in [2.24, 2.45) is 5.92 Å². The molecule has 1 amide bonds. The summed E-state index contributed by atoms with van der Waals surface area (Å²) in [4.78, 5) is 33.7. The Hall–Kier alpha value is -3.23. The third kappa shape index (κ3) is 4.10. The second kappa shape index (κ2) is 8.77. The minimum absolute atomic E-state index is 0.0923. The van der Waals surface area contributed by atoms with E-state index < -0.39 is 0 Å². The zero-order chi connectivity index (χ0) is 24.0. The van der Waals surface area contributed by atoms with Gasteiger partial charge in [-0.05, 0) is 55.0 Å². The number of aromatic nitrogens is 2. The molecule has 3 saturated carbocycles. The number of benzene rings is 1. The van der Waals surface area contributed by atoms with Gasteiger partial charge in [0.05, 0.1) is 20.3 Å². The number of hydrogen-bond acceptors (Lipinski definition) is 6. The van der Waals surface area contributed by atoms with Crippen molar-refractivity contribution in [1.82, 2.24) is 19.8 Å². The molecule has 4 aliphatic rings. The van der Waals surface area contributed by atoms with Crippen LogP contribution in [0.4, 0.5) is 0 Å². The van der Waals surface area contributed by atoms with Crippen molar-refractivity contribution in [2.75, 3.05) is 40.0 Å². The number of rotatable bonds is 7. The normalized spacial score (nSPS) is 23.4. The molecular weight excluding hydrogens is 444 g/mol. The first-order valence-electron chi connectivity index (χ1n) is 12.3. The minimum atomic E-state index is -0.278. The largest absolute Gasteiger partial charge is 0.497 e. The molecule has 7 rings (SSSR count). The van der Waals surface area contributed by atoms with E-state index in [-0.39, 0.29) is 22.6 Å². The fraction of sp³-hybridized carbons (Fsp3) is 0.444. The number of carbonyl (C=O) groups is 1. The van der Waals surface area contributed by atoms with Gasteiger partial charge >= 0.3 is 0 Å². The fourth-order valence-electron chi connectivity index (χ4n) is 5.58. The van der Waals surface area contributed by atoms with E-state index >= 15 is 0 Å². The van der Waals surface area contributed by atoms with Gasteiger partial charge in [0.1, 0.15) is 17.0 Å². The topological polar surface area (TPSA) is 85.7 Å². The quantitative estimate of drug-likeness (QED) is 0.567. The van der Waals surface area contributed by atoms with E-state index in [1.807, 2.05) is 30.3 Å². The molecule has 35 heavy (non-hydrogen) atoms. The van der Waals surface area contributed by atoms with Crippen LogP contribution in [0.3, 0.4) is 0 Å². The Bertz CT molecular complexity index is 1310. The standard InChI is InChI=1S/C27H30N4O4/c1-34-22-4-2-19(3-5-22)21-12-20-13-23(25(32)29-27-14-18(15-27)16-27)26(33)31(24(20)28-17-21)7-6-30-8-10-35-11-9-30/h2-5,12-13,17-18H,6-11,14-16H2,1H3,(H,29,32). The van der Waals surface area contributed by atoms with Gasteiger partial charge < -0.3 is 14.8 Å². The molecule has 0 unspecified atom stereocenters. The minimum Gasteiger partial charge on any atom is -0.497 e. The number of nitrogens with one attached hydrogen (secondary N) is 1. The van der Waals surface area contributed by atoms with Crippen molar-refractivity contribution < 1.29 is 14.3 Å². The van der Waals surface area contributed by atoms with Crippen LogP contribution in [0.1, 0.15) is 29.6 Å². The first kappa shape index (κ1) is 22.2. The van der Waals surface area contributed by atoms with Gasteiger partial charge in [-0.1, -0.05) is 12.1 Å². The molecule has 8 nitrogen and oxygen atoms in total. The van der Waals surface area contributed by atoms with Crippen LogP contribution in [0.2, 0.25) is 0 Å². The summed E-state index contributed by atoms with van der Waals surface area (Å²) in [6.45, 7) is 4.25. The lowest BCUT2D eigenvalue weighted by Gasteiger charge is -2.61. The molecule has 0 spiro atoms. The smallest absolute Gasteiger partial charge is 0.265 e. The third-order valence-corrected chi connectivity index (χ3v) is 7.75. The summed E-state index contributed by atoms with van der Waals surface area (Å²) in [6.07, 6.45) is 4.87. The molecule has 0 radical (unpaired) electrons. The predicted molar refractivity (Wildman–Crippen MR) is 133 cm³/mol. The summed E-state index contributed by atoms with van der Waals surface area (Å²) < 4.78 is 12.4. The molecule has 2 aromatic heterocycles. The molecule has 1 aromatic carbocycles. The van der Waals surface area contributed by atoms with Gasteiger partial charge in [0, 0.05) is 48.9 Å². The molecule has 1 aliphatic heterocycles. The second-order valence-electron chi connectivity index (χ2n) is 10.0. The van der Waals surface area contributed by atoms with E-state index in [2.05, 4.69) is 10.2 Å². The van der Waals surface area contributed by atoms with Gasteiger partial charge in [-0.2, -0.15) is 0 Å². The highest BCUT2D eigenvalue weighted by Crippen LogP contribution is 2.56. The SMILES string of the molecule is COc1ccc(-c2cnc3c(c2)cc(C(=O)NC24CC(C2)C4)c(=O)n3CCN2CCOCC2)cc1. The van der Waals surface area contributed by atoms with E-state index in [1.165, 1.54) is 0 Å². The first-order chi connectivity index (χ1) is 17.0. The van der Waals surface area contributed by atoms with Gasteiger partial charge in [-0.15, -0.1) is 0 Å². The van der Waals surface area contributed by atoms with Crippen LogP contribution in [0.25, 0.3) is 22.2 Å². The number of nitrogens with zero attached hydrogens (tertiary/aromatic N) is 3. The summed E-state index contributed by atoms with van der Waals surface area (Å²) in [7, 11) is 1.64. The Balaban J connectivity index is 1.37. The van der Waals surface area contributed by atoms with Gasteiger partial charge in [0.2, 0.25) is 0 Å². The highest BCUT2D eigenvalue weighted by molar-refractivity contribution is 5.98. The van der Waals surface area contributed by atoms with Crippen molar-refractivity contribution in [3.05, 3.63) is 58.5 Å². The molecule has 182 valence electrons. The fourth-order valence-corrected chi connectivity index (χ4v) is 5.58. The highest BCUT2D eigenvalue weighted by Gasteiger charge is 2.57. The Morgan fingerprint density at radius 2 is 1.86 bits per heavy atom. The van der Waals surface area contributed by atoms with E-state index in [0.717, 1.165) is 60.5 Å². The Morgan fingerprint density at radius 3 is 2.51 bits per heavy atom. The number of morpholine rings is 1. The van der Waals surface area contributed by atoms with Crippen LogP contribution in [0.5, 0.6) is 5.75 Å². The number of hydrogen-bond donors (Lipinski definition) is 1. The van der Waals surface area contributed by atoms with Crippen LogP contribution < -0.4 is 15.6 Å². The molecule has 0 atom stereocenters. The predicted octanol–water partition coefficient (Wildman–Crippen LogP) is 2.69. The van der Waals surface area contributed by atoms with Crippen molar-refractivity contribution in [3.8, 4) is 16.9 Å². The van der Waals surface area contributed by atoms with E-state index in [4.69, 9.17) is 14.5 Å². The van der Waals surface area contributed by atoms with Crippen molar-refractivity contribution in [3.63, 3.8) is 0 Å². The Morgan fingerprint density at radius 1 is 1.11 bits per heavy atom. The maximum Gasteiger partial charge on any atom is 0.265 e. The van der Waals surface area contributed by atoms with E-state index in [0.29, 0.717) is 32.0 Å². The summed E-state index contributed by atoms with van der Waals surface area (Å²) >= 11 is 0. The van der Waals surface area contributed by atoms with Crippen LogP contribution in [-0.4, -0.2) is 65.9 Å². The molecule has 2 bridgehead atoms. The molecule has 1 N–H and O–H groups in total. The van der Waals surface area contributed by atoms with Crippen LogP contribution in [-0.2, 0) is 11.3 Å². The number of ether oxygens (including phenoxy) is 2. The summed E-state index contributed by atoms with van der Waals surface area (Å²) in [5.41, 5.74) is 2.33. The lowest BCUT2D eigenvalue weighted by atomic mass is 9.50. The summed E-state index contributed by atoms with van der Waals surface area (Å²) in [5, 5.41) is 3.94. The molecule has 3 aromatic rings. The van der Waals surface area contributed by atoms with Gasteiger partial charge in [0.15, 0.2) is 0 Å². The van der Waals surface area contributed by atoms with Crippen molar-refractivity contribution >= 4 is 16.9 Å². The van der Waals surface area contributed by atoms with Crippen LogP contribution in [0.15, 0.2) is 47.4 Å². The maximum atomic E-state index is 13.5. The van der Waals surface area contributed by atoms with Crippen LogP contribution >= 0.6 is 0 Å².